The maximum Gasteiger partial charge on any atom is 0.232 e. The fourth-order valence-electron chi connectivity index (χ4n) is 4.24. The molecular weight excluding hydrogens is 250 g/mol. The Labute approximate surface area is 123 Å². The molecule has 0 heterocycles. The van der Waals surface area contributed by atoms with Crippen molar-refractivity contribution in [1.82, 2.24) is 4.90 Å². The summed E-state index contributed by atoms with van der Waals surface area (Å²) in [6.45, 7) is 4.42. The lowest BCUT2D eigenvalue weighted by Crippen LogP contribution is -2.44. The van der Waals surface area contributed by atoms with Crippen molar-refractivity contribution in [2.75, 3.05) is 0 Å². The molecule has 0 spiro atoms. The molecule has 0 aromatic carbocycles. The minimum absolute atomic E-state index is 0.0821. The maximum atomic E-state index is 12.7. The van der Waals surface area contributed by atoms with Gasteiger partial charge in [-0.25, -0.2) is 0 Å². The van der Waals surface area contributed by atoms with E-state index in [2.05, 4.69) is 13.8 Å². The van der Waals surface area contributed by atoms with Crippen molar-refractivity contribution in [2.24, 2.45) is 17.8 Å². The highest BCUT2D eigenvalue weighted by atomic mass is 16.2. The van der Waals surface area contributed by atoms with E-state index in [9.17, 15) is 9.59 Å². The van der Waals surface area contributed by atoms with Gasteiger partial charge in [0, 0.05) is 12.0 Å². The summed E-state index contributed by atoms with van der Waals surface area (Å²) in [5.41, 5.74) is 0. The molecule has 0 N–H and O–H groups in total. The van der Waals surface area contributed by atoms with E-state index < -0.39 is 0 Å². The van der Waals surface area contributed by atoms with Gasteiger partial charge in [0.25, 0.3) is 0 Å². The average Bonchev–Trinajstić information content (AvgIpc) is 2.83. The molecule has 2 aliphatic carbocycles. The summed E-state index contributed by atoms with van der Waals surface area (Å²) in [7, 11) is 0. The van der Waals surface area contributed by atoms with Gasteiger partial charge in [-0.1, -0.05) is 46.0 Å². The predicted molar refractivity (Wildman–Crippen MR) is 80.1 cm³/mol. The highest BCUT2D eigenvalue weighted by molar-refractivity contribution is 5.88. The Morgan fingerprint density at radius 1 is 1.15 bits per heavy atom. The number of carbonyl (C=O) groups is 2. The van der Waals surface area contributed by atoms with Gasteiger partial charge >= 0.3 is 0 Å². The first-order valence-electron chi connectivity index (χ1n) is 8.46. The van der Waals surface area contributed by atoms with Gasteiger partial charge in [-0.2, -0.15) is 0 Å². The first-order chi connectivity index (χ1) is 9.69. The standard InChI is InChI=1S/C17H29NO2/c1-3-7-14-10-11-16(13(14)2)17(20)18(12-19)15-8-5-4-6-9-15/h12-16H,3-11H2,1-2H3. The van der Waals surface area contributed by atoms with E-state index in [0.29, 0.717) is 11.8 Å². The zero-order chi connectivity index (χ0) is 14.5. The second-order valence-electron chi connectivity index (χ2n) is 6.73. The molecule has 3 nitrogen and oxygen atoms in total. The van der Waals surface area contributed by atoms with Crippen LogP contribution < -0.4 is 0 Å². The van der Waals surface area contributed by atoms with E-state index in [1.165, 1.54) is 19.3 Å². The van der Waals surface area contributed by atoms with E-state index in [1.807, 2.05) is 0 Å². The Balaban J connectivity index is 1.99. The minimum Gasteiger partial charge on any atom is -0.282 e. The Morgan fingerprint density at radius 2 is 1.85 bits per heavy atom. The van der Waals surface area contributed by atoms with Crippen molar-refractivity contribution in [3.05, 3.63) is 0 Å². The normalized spacial score (nSPS) is 31.2. The first kappa shape index (κ1) is 15.5. The predicted octanol–water partition coefficient (Wildman–Crippen LogP) is 3.77. The fraction of sp³-hybridized carbons (Fsp3) is 0.882. The third kappa shape index (κ3) is 3.24. The second-order valence-corrected chi connectivity index (χ2v) is 6.73. The van der Waals surface area contributed by atoms with Crippen molar-refractivity contribution < 1.29 is 9.59 Å². The molecule has 0 saturated heterocycles. The summed E-state index contributed by atoms with van der Waals surface area (Å²) in [4.78, 5) is 25.7. The van der Waals surface area contributed by atoms with Crippen molar-refractivity contribution in [2.45, 2.75) is 77.7 Å². The zero-order valence-electron chi connectivity index (χ0n) is 13.0. The molecule has 0 aromatic rings. The molecule has 0 radical (unpaired) electrons. The first-order valence-corrected chi connectivity index (χ1v) is 8.46. The van der Waals surface area contributed by atoms with Crippen molar-refractivity contribution >= 4 is 12.3 Å². The lowest BCUT2D eigenvalue weighted by Gasteiger charge is -2.32. The van der Waals surface area contributed by atoms with Gasteiger partial charge in [0.15, 0.2) is 0 Å². The summed E-state index contributed by atoms with van der Waals surface area (Å²) >= 11 is 0. The SMILES string of the molecule is CCCC1CCC(C(=O)N(C=O)C2CCCCC2)C1C. The molecule has 0 aliphatic heterocycles. The van der Waals surface area contributed by atoms with Crippen LogP contribution in [0.5, 0.6) is 0 Å². The highest BCUT2D eigenvalue weighted by Crippen LogP contribution is 2.40. The van der Waals surface area contributed by atoms with E-state index in [4.69, 9.17) is 0 Å². The lowest BCUT2D eigenvalue weighted by molar-refractivity contribution is -0.145. The molecular formula is C17H29NO2. The van der Waals surface area contributed by atoms with Gasteiger partial charge in [-0.15, -0.1) is 0 Å². The molecule has 3 heteroatoms. The summed E-state index contributed by atoms with van der Waals surface area (Å²) in [6, 6.07) is 0.172. The number of carbonyl (C=O) groups excluding carboxylic acids is 2. The minimum atomic E-state index is 0.0821. The average molecular weight is 279 g/mol. The van der Waals surface area contributed by atoms with E-state index in [0.717, 1.165) is 44.9 Å². The van der Waals surface area contributed by atoms with Gasteiger partial charge in [0.05, 0.1) is 0 Å². The van der Waals surface area contributed by atoms with Gasteiger partial charge in [0.2, 0.25) is 12.3 Å². The molecule has 20 heavy (non-hydrogen) atoms. The zero-order valence-corrected chi connectivity index (χ0v) is 13.0. The number of hydrogen-bond acceptors (Lipinski definition) is 2. The quantitative estimate of drug-likeness (QED) is 0.718. The Bertz CT molecular complexity index is 336. The van der Waals surface area contributed by atoms with E-state index in [1.54, 1.807) is 4.90 Å². The van der Waals surface area contributed by atoms with Crippen LogP contribution in [-0.2, 0) is 9.59 Å². The maximum absolute atomic E-state index is 12.7. The van der Waals surface area contributed by atoms with Crippen molar-refractivity contribution in [3.8, 4) is 0 Å². The van der Waals surface area contributed by atoms with Crippen LogP contribution in [-0.4, -0.2) is 23.3 Å². The second kappa shape index (κ2) is 7.24. The Kier molecular flexibility index (Phi) is 5.62. The number of amides is 2. The molecule has 3 atom stereocenters. The number of imide groups is 1. The van der Waals surface area contributed by atoms with Gasteiger partial charge < -0.3 is 0 Å². The van der Waals surface area contributed by atoms with Gasteiger partial charge in [0.1, 0.15) is 0 Å². The smallest absolute Gasteiger partial charge is 0.232 e. The third-order valence-electron chi connectivity index (χ3n) is 5.54. The van der Waals surface area contributed by atoms with Crippen LogP contribution >= 0.6 is 0 Å². The molecule has 0 aromatic heterocycles. The Morgan fingerprint density at radius 3 is 2.45 bits per heavy atom. The lowest BCUT2D eigenvalue weighted by atomic mass is 9.87. The number of nitrogens with zero attached hydrogens (tertiary/aromatic N) is 1. The van der Waals surface area contributed by atoms with E-state index >= 15 is 0 Å². The fourth-order valence-corrected chi connectivity index (χ4v) is 4.24. The molecule has 2 rings (SSSR count). The molecule has 114 valence electrons. The third-order valence-corrected chi connectivity index (χ3v) is 5.54. The van der Waals surface area contributed by atoms with Crippen LogP contribution in [0.2, 0.25) is 0 Å². The van der Waals surface area contributed by atoms with E-state index in [-0.39, 0.29) is 17.9 Å². The topological polar surface area (TPSA) is 37.4 Å². The summed E-state index contributed by atoms with van der Waals surface area (Å²) in [5.74, 6) is 1.30. The highest BCUT2D eigenvalue weighted by Gasteiger charge is 2.40. The summed E-state index contributed by atoms with van der Waals surface area (Å²) in [6.07, 6.45) is 10.9. The van der Waals surface area contributed by atoms with Crippen LogP contribution in [0.25, 0.3) is 0 Å². The van der Waals surface area contributed by atoms with Crippen LogP contribution in [0.3, 0.4) is 0 Å². The number of rotatable bonds is 5. The van der Waals surface area contributed by atoms with Crippen LogP contribution in [0.1, 0.15) is 71.6 Å². The molecule has 0 bridgehead atoms. The molecule has 2 saturated carbocycles. The molecule has 2 fully saturated rings. The van der Waals surface area contributed by atoms with Crippen LogP contribution in [0.15, 0.2) is 0 Å². The molecule has 3 unspecified atom stereocenters. The number of hydrogen-bond donors (Lipinski definition) is 0. The summed E-state index contributed by atoms with van der Waals surface area (Å²) < 4.78 is 0. The van der Waals surface area contributed by atoms with Crippen LogP contribution in [0.4, 0.5) is 0 Å². The van der Waals surface area contributed by atoms with Crippen LogP contribution in [0, 0.1) is 17.8 Å². The van der Waals surface area contributed by atoms with Crippen molar-refractivity contribution in [1.29, 1.82) is 0 Å². The largest absolute Gasteiger partial charge is 0.282 e. The Hall–Kier alpha value is -0.860. The molecule has 2 aliphatic rings. The monoisotopic (exact) mass is 279 g/mol. The summed E-state index contributed by atoms with van der Waals surface area (Å²) in [5, 5.41) is 0. The molecule has 2 amide bonds. The van der Waals surface area contributed by atoms with Gasteiger partial charge in [-0.05, 0) is 37.5 Å². The van der Waals surface area contributed by atoms with Gasteiger partial charge in [-0.3, -0.25) is 14.5 Å². The van der Waals surface area contributed by atoms with Crippen molar-refractivity contribution in [3.63, 3.8) is 0 Å².